The Labute approximate surface area is 114 Å². The van der Waals surface area contributed by atoms with Crippen LogP contribution in [0.15, 0.2) is 0 Å². The van der Waals surface area contributed by atoms with Crippen LogP contribution in [0, 0.1) is 0 Å². The molecule has 1 fully saturated rings. The van der Waals surface area contributed by atoms with Crippen LogP contribution in [0.2, 0.25) is 0 Å². The van der Waals surface area contributed by atoms with Crippen LogP contribution in [0.1, 0.15) is 39.8 Å². The average Bonchev–Trinajstić information content (AvgIpc) is 3.13. The van der Waals surface area contributed by atoms with Gasteiger partial charge in [0.05, 0.1) is 19.4 Å². The highest BCUT2D eigenvalue weighted by Gasteiger charge is 2.30. The van der Waals surface area contributed by atoms with E-state index in [1.54, 1.807) is 6.92 Å². The predicted octanol–water partition coefficient (Wildman–Crippen LogP) is 1.87. The normalized spacial score (nSPS) is 14.0. The Morgan fingerprint density at radius 3 is 2.63 bits per heavy atom. The van der Waals surface area contributed by atoms with Crippen LogP contribution in [0.25, 0.3) is 0 Å². The minimum absolute atomic E-state index is 0.124. The van der Waals surface area contributed by atoms with Crippen LogP contribution in [-0.2, 0) is 9.47 Å². The summed E-state index contributed by atoms with van der Waals surface area (Å²) in [6.07, 6.45) is 2.10. The van der Waals surface area contributed by atoms with E-state index >= 15 is 0 Å². The van der Waals surface area contributed by atoms with Gasteiger partial charge in [0.25, 0.3) is 0 Å². The third kappa shape index (κ3) is 2.81. The summed E-state index contributed by atoms with van der Waals surface area (Å²) in [5.41, 5.74) is 6.22. The number of rotatable bonds is 5. The zero-order valence-corrected chi connectivity index (χ0v) is 11.6. The lowest BCUT2D eigenvalue weighted by atomic mass is 10.2. The number of hydrogen-bond donors (Lipinski definition) is 2. The first kappa shape index (κ1) is 13.7. The molecular weight excluding hydrogens is 268 g/mol. The van der Waals surface area contributed by atoms with E-state index in [9.17, 15) is 9.59 Å². The summed E-state index contributed by atoms with van der Waals surface area (Å²) in [5, 5.41) is 3.77. The van der Waals surface area contributed by atoms with E-state index in [0.717, 1.165) is 24.2 Å². The summed E-state index contributed by atoms with van der Waals surface area (Å²) in [7, 11) is 1.28. The van der Waals surface area contributed by atoms with Crippen molar-refractivity contribution in [2.45, 2.75) is 25.8 Å². The SMILES string of the molecule is CCOC(=O)c1sc(NC2CC2)c(C(=O)OC)c1N. The second-order valence-corrected chi connectivity index (χ2v) is 5.20. The molecule has 104 valence electrons. The summed E-state index contributed by atoms with van der Waals surface area (Å²) < 4.78 is 9.63. The summed E-state index contributed by atoms with van der Waals surface area (Å²) in [5.74, 6) is -1.06. The van der Waals surface area contributed by atoms with Gasteiger partial charge in [-0.25, -0.2) is 9.59 Å². The van der Waals surface area contributed by atoms with E-state index in [0.29, 0.717) is 11.0 Å². The summed E-state index contributed by atoms with van der Waals surface area (Å²) >= 11 is 1.13. The number of esters is 2. The number of methoxy groups -OCH3 is 1. The number of thiophene rings is 1. The first-order chi connectivity index (χ1) is 9.08. The molecule has 2 rings (SSSR count). The van der Waals surface area contributed by atoms with E-state index in [4.69, 9.17) is 15.2 Å². The smallest absolute Gasteiger partial charge is 0.350 e. The lowest BCUT2D eigenvalue weighted by Crippen LogP contribution is -2.10. The van der Waals surface area contributed by atoms with Crippen molar-refractivity contribution in [3.05, 3.63) is 10.4 Å². The van der Waals surface area contributed by atoms with E-state index in [-0.39, 0.29) is 22.7 Å². The Hall–Kier alpha value is -1.76. The Morgan fingerprint density at radius 2 is 2.11 bits per heavy atom. The van der Waals surface area contributed by atoms with Gasteiger partial charge in [-0.1, -0.05) is 0 Å². The monoisotopic (exact) mass is 284 g/mol. The van der Waals surface area contributed by atoms with E-state index in [1.807, 2.05) is 0 Å². The molecule has 0 aromatic carbocycles. The second kappa shape index (κ2) is 5.48. The van der Waals surface area contributed by atoms with E-state index < -0.39 is 11.9 Å². The van der Waals surface area contributed by atoms with Crippen molar-refractivity contribution in [2.24, 2.45) is 0 Å². The van der Waals surface area contributed by atoms with Gasteiger partial charge in [0.1, 0.15) is 15.4 Å². The fourth-order valence-corrected chi connectivity index (χ4v) is 2.69. The number of nitrogens with two attached hydrogens (primary N) is 1. The number of carbonyl (C=O) groups is 2. The largest absolute Gasteiger partial charge is 0.465 e. The third-order valence-corrected chi connectivity index (χ3v) is 3.82. The molecule has 19 heavy (non-hydrogen) atoms. The maximum atomic E-state index is 11.8. The topological polar surface area (TPSA) is 90.6 Å². The molecule has 1 aromatic rings. The van der Waals surface area contributed by atoms with Crippen molar-refractivity contribution >= 4 is 34.0 Å². The molecule has 0 amide bonds. The van der Waals surface area contributed by atoms with Gasteiger partial charge in [-0.05, 0) is 19.8 Å². The van der Waals surface area contributed by atoms with E-state index in [1.165, 1.54) is 7.11 Å². The Bertz CT molecular complexity index is 508. The fourth-order valence-electron chi connectivity index (χ4n) is 1.61. The molecule has 3 N–H and O–H groups in total. The van der Waals surface area contributed by atoms with Crippen LogP contribution in [0.4, 0.5) is 10.7 Å². The number of nitrogen functional groups attached to an aromatic ring is 1. The van der Waals surface area contributed by atoms with Crippen molar-refractivity contribution < 1.29 is 19.1 Å². The minimum Gasteiger partial charge on any atom is -0.465 e. The standard InChI is InChI=1S/C12H16N2O4S/c1-3-18-12(16)9-8(13)7(11(15)17-2)10(19-9)14-6-4-5-6/h6,14H,3-5,13H2,1-2H3. The molecule has 1 saturated carbocycles. The zero-order chi connectivity index (χ0) is 14.0. The van der Waals surface area contributed by atoms with Gasteiger partial charge in [-0.15, -0.1) is 11.3 Å². The molecular formula is C12H16N2O4S. The van der Waals surface area contributed by atoms with Gasteiger partial charge in [0.15, 0.2) is 0 Å². The number of nitrogens with one attached hydrogen (secondary N) is 1. The molecule has 0 unspecified atom stereocenters. The molecule has 1 aromatic heterocycles. The fraction of sp³-hybridized carbons (Fsp3) is 0.500. The Balaban J connectivity index is 2.36. The Kier molecular flexibility index (Phi) is 3.94. The molecule has 0 atom stereocenters. The lowest BCUT2D eigenvalue weighted by molar-refractivity contribution is 0.0533. The van der Waals surface area contributed by atoms with Crippen molar-refractivity contribution in [1.82, 2.24) is 0 Å². The van der Waals surface area contributed by atoms with Crippen molar-refractivity contribution in [3.8, 4) is 0 Å². The molecule has 1 heterocycles. The third-order valence-electron chi connectivity index (χ3n) is 2.71. The lowest BCUT2D eigenvalue weighted by Gasteiger charge is -2.04. The molecule has 0 spiro atoms. The molecule has 6 nitrogen and oxygen atoms in total. The number of ether oxygens (including phenoxy) is 2. The van der Waals surface area contributed by atoms with Crippen molar-refractivity contribution in [2.75, 3.05) is 24.8 Å². The molecule has 0 saturated heterocycles. The highest BCUT2D eigenvalue weighted by molar-refractivity contribution is 7.19. The first-order valence-corrected chi connectivity index (χ1v) is 6.84. The van der Waals surface area contributed by atoms with Crippen molar-refractivity contribution in [1.29, 1.82) is 0 Å². The van der Waals surface area contributed by atoms with Crippen LogP contribution in [0.5, 0.6) is 0 Å². The van der Waals surface area contributed by atoms with Crippen LogP contribution in [0.3, 0.4) is 0 Å². The molecule has 0 aliphatic heterocycles. The van der Waals surface area contributed by atoms with Gasteiger partial charge in [0, 0.05) is 6.04 Å². The number of anilines is 2. The zero-order valence-electron chi connectivity index (χ0n) is 10.8. The predicted molar refractivity (Wildman–Crippen MR) is 72.7 cm³/mol. The highest BCUT2D eigenvalue weighted by Crippen LogP contribution is 2.39. The molecule has 1 aliphatic rings. The maximum absolute atomic E-state index is 11.8. The van der Waals surface area contributed by atoms with Gasteiger partial charge in [0.2, 0.25) is 0 Å². The van der Waals surface area contributed by atoms with Gasteiger partial charge >= 0.3 is 11.9 Å². The minimum atomic E-state index is -0.549. The van der Waals surface area contributed by atoms with Crippen LogP contribution >= 0.6 is 11.3 Å². The van der Waals surface area contributed by atoms with E-state index in [2.05, 4.69) is 5.32 Å². The Morgan fingerprint density at radius 1 is 1.42 bits per heavy atom. The van der Waals surface area contributed by atoms with Gasteiger partial charge in [-0.2, -0.15) is 0 Å². The van der Waals surface area contributed by atoms with Crippen LogP contribution in [-0.4, -0.2) is 31.7 Å². The average molecular weight is 284 g/mol. The second-order valence-electron chi connectivity index (χ2n) is 4.18. The van der Waals surface area contributed by atoms with Gasteiger partial charge in [-0.3, -0.25) is 0 Å². The maximum Gasteiger partial charge on any atom is 0.350 e. The quantitative estimate of drug-likeness (QED) is 0.802. The summed E-state index contributed by atoms with van der Waals surface area (Å²) in [6.45, 7) is 1.97. The number of hydrogen-bond acceptors (Lipinski definition) is 7. The first-order valence-electron chi connectivity index (χ1n) is 6.02. The van der Waals surface area contributed by atoms with Gasteiger partial charge < -0.3 is 20.5 Å². The number of carbonyl (C=O) groups excluding carboxylic acids is 2. The molecule has 7 heteroatoms. The summed E-state index contributed by atoms with van der Waals surface area (Å²) in [6, 6.07) is 0.344. The molecule has 0 radical (unpaired) electrons. The molecule has 1 aliphatic carbocycles. The highest BCUT2D eigenvalue weighted by atomic mass is 32.1. The van der Waals surface area contributed by atoms with Crippen molar-refractivity contribution in [3.63, 3.8) is 0 Å². The molecule has 0 bridgehead atoms. The summed E-state index contributed by atoms with van der Waals surface area (Å²) in [4.78, 5) is 23.8. The van der Waals surface area contributed by atoms with Crippen LogP contribution < -0.4 is 11.1 Å².